The van der Waals surface area contributed by atoms with Crippen LogP contribution < -0.4 is 9.80 Å². The molecule has 2 saturated heterocycles. The minimum atomic E-state index is -0.208. The highest BCUT2D eigenvalue weighted by molar-refractivity contribution is 5.96. The lowest BCUT2D eigenvalue weighted by Crippen LogP contribution is -2.49. The van der Waals surface area contributed by atoms with Crippen LogP contribution in [-0.4, -0.2) is 72.6 Å². The molecule has 0 bridgehead atoms. The van der Waals surface area contributed by atoms with Crippen LogP contribution in [0.25, 0.3) is 10.9 Å². The maximum absolute atomic E-state index is 14.4. The van der Waals surface area contributed by atoms with Gasteiger partial charge in [0.25, 0.3) is 5.91 Å². The minimum Gasteiger partial charge on any atom is -0.368 e. The van der Waals surface area contributed by atoms with Crippen LogP contribution in [0.1, 0.15) is 32.6 Å². The molecule has 0 atom stereocenters. The number of rotatable bonds is 5. The van der Waals surface area contributed by atoms with Crippen molar-refractivity contribution in [2.75, 3.05) is 62.2 Å². The molecule has 0 unspecified atom stereocenters. The number of nitrogens with zero attached hydrogens (tertiary/aromatic N) is 6. The third kappa shape index (κ3) is 5.21. The van der Waals surface area contributed by atoms with Crippen molar-refractivity contribution >= 4 is 28.2 Å². The average Bonchev–Trinajstić information content (AvgIpc) is 3.41. The molecule has 6 rings (SSSR count). The standard InChI is InChI=1S/C34H37FN6O/c1-24-20-25(2)29(21-27(24)23-38-12-14-39(15-13-38)31-7-5-4-6-26(31)22-36)34(42)41-18-16-40(17-19-41)32-9-8-30(35)28-10-11-37(3)33(28)32/h4-11,20-21H,12-19,23H2,1-3H3. The summed E-state index contributed by atoms with van der Waals surface area (Å²) in [5.41, 5.74) is 7.80. The second-order valence-corrected chi connectivity index (χ2v) is 11.5. The fourth-order valence-corrected chi connectivity index (χ4v) is 6.47. The first-order valence-electron chi connectivity index (χ1n) is 14.7. The van der Waals surface area contributed by atoms with E-state index < -0.39 is 0 Å². The summed E-state index contributed by atoms with van der Waals surface area (Å²) >= 11 is 0. The van der Waals surface area contributed by atoms with E-state index in [1.165, 1.54) is 17.2 Å². The molecule has 3 aromatic carbocycles. The number of hydrogen-bond donors (Lipinski definition) is 0. The molecule has 0 N–H and O–H groups in total. The van der Waals surface area contributed by atoms with E-state index in [1.54, 1.807) is 0 Å². The number of aryl methyl sites for hydroxylation is 3. The van der Waals surface area contributed by atoms with Gasteiger partial charge in [-0.05, 0) is 66.9 Å². The second-order valence-electron chi connectivity index (χ2n) is 11.5. The Bertz CT molecular complexity index is 1670. The molecule has 0 spiro atoms. The normalized spacial score (nSPS) is 16.2. The molecule has 7 nitrogen and oxygen atoms in total. The van der Waals surface area contributed by atoms with Crippen LogP contribution in [0.15, 0.2) is 60.8 Å². The Morgan fingerprint density at radius 1 is 0.857 bits per heavy atom. The van der Waals surface area contributed by atoms with E-state index in [0.29, 0.717) is 31.6 Å². The SMILES string of the molecule is Cc1cc(C)c(C(=O)N2CCN(c3ccc(F)c4ccn(C)c34)CC2)cc1CN1CCN(c2ccccc2C#N)CC1. The van der Waals surface area contributed by atoms with Gasteiger partial charge in [-0.3, -0.25) is 9.69 Å². The van der Waals surface area contributed by atoms with Crippen molar-refractivity contribution in [2.45, 2.75) is 20.4 Å². The van der Waals surface area contributed by atoms with Gasteiger partial charge in [-0.25, -0.2) is 4.39 Å². The number of nitriles is 1. The summed E-state index contributed by atoms with van der Waals surface area (Å²) in [6, 6.07) is 19.6. The van der Waals surface area contributed by atoms with Crippen molar-refractivity contribution in [3.8, 4) is 6.07 Å². The van der Waals surface area contributed by atoms with Crippen molar-refractivity contribution in [3.63, 3.8) is 0 Å². The Balaban J connectivity index is 1.11. The van der Waals surface area contributed by atoms with Gasteiger partial charge < -0.3 is 19.3 Å². The number of anilines is 2. The molecule has 0 aliphatic carbocycles. The number of halogens is 1. The fraction of sp³-hybridized carbons (Fsp3) is 0.353. The van der Waals surface area contributed by atoms with Crippen LogP contribution >= 0.6 is 0 Å². The summed E-state index contributed by atoms with van der Waals surface area (Å²) in [7, 11) is 1.94. The number of fused-ring (bicyclic) bond motifs is 1. The van der Waals surface area contributed by atoms with E-state index in [0.717, 1.165) is 66.3 Å². The monoisotopic (exact) mass is 564 g/mol. The Morgan fingerprint density at radius 2 is 1.55 bits per heavy atom. The summed E-state index contributed by atoms with van der Waals surface area (Å²) in [5, 5.41) is 10.1. The predicted octanol–water partition coefficient (Wildman–Crippen LogP) is 5.09. The van der Waals surface area contributed by atoms with Gasteiger partial charge in [0.1, 0.15) is 11.9 Å². The lowest BCUT2D eigenvalue weighted by atomic mass is 9.98. The lowest BCUT2D eigenvalue weighted by Gasteiger charge is -2.37. The summed E-state index contributed by atoms with van der Waals surface area (Å²) in [6.07, 6.45) is 1.89. The van der Waals surface area contributed by atoms with E-state index >= 15 is 0 Å². The Morgan fingerprint density at radius 3 is 2.29 bits per heavy atom. The molecule has 3 heterocycles. The number of amides is 1. The van der Waals surface area contributed by atoms with Crippen LogP contribution in [0.5, 0.6) is 0 Å². The van der Waals surface area contributed by atoms with Crippen molar-refractivity contribution in [2.24, 2.45) is 7.05 Å². The molecule has 1 aromatic heterocycles. The van der Waals surface area contributed by atoms with E-state index in [1.807, 2.05) is 66.0 Å². The van der Waals surface area contributed by atoms with E-state index in [4.69, 9.17) is 0 Å². The van der Waals surface area contributed by atoms with Gasteiger partial charge in [-0.2, -0.15) is 5.26 Å². The molecule has 216 valence electrons. The first-order valence-corrected chi connectivity index (χ1v) is 14.7. The van der Waals surface area contributed by atoms with Crippen LogP contribution in [0.2, 0.25) is 0 Å². The zero-order valence-electron chi connectivity index (χ0n) is 24.6. The average molecular weight is 565 g/mol. The van der Waals surface area contributed by atoms with Gasteiger partial charge in [0.15, 0.2) is 0 Å². The molecule has 2 fully saturated rings. The van der Waals surface area contributed by atoms with Crippen LogP contribution in [0, 0.1) is 31.0 Å². The zero-order chi connectivity index (χ0) is 29.4. The highest BCUT2D eigenvalue weighted by atomic mass is 19.1. The molecule has 4 aromatic rings. The molecule has 1 amide bonds. The summed E-state index contributed by atoms with van der Waals surface area (Å²) < 4.78 is 16.3. The summed E-state index contributed by atoms with van der Waals surface area (Å²) in [5.74, 6) is -0.130. The molecular weight excluding hydrogens is 527 g/mol. The minimum absolute atomic E-state index is 0.0782. The molecule has 2 aliphatic rings. The number of hydrogen-bond acceptors (Lipinski definition) is 5. The number of piperazine rings is 2. The number of carbonyl (C=O) groups is 1. The van der Waals surface area contributed by atoms with E-state index in [-0.39, 0.29) is 11.7 Å². The molecular formula is C34H37FN6O. The van der Waals surface area contributed by atoms with Gasteiger partial charge in [0.2, 0.25) is 0 Å². The topological polar surface area (TPSA) is 58.8 Å². The number of carbonyl (C=O) groups excluding carboxylic acids is 1. The Labute approximate surface area is 247 Å². The number of para-hydroxylation sites is 1. The van der Waals surface area contributed by atoms with Crippen LogP contribution in [0.3, 0.4) is 0 Å². The molecule has 0 saturated carbocycles. The number of benzene rings is 3. The van der Waals surface area contributed by atoms with Gasteiger partial charge in [-0.15, -0.1) is 0 Å². The van der Waals surface area contributed by atoms with E-state index in [9.17, 15) is 14.4 Å². The fourth-order valence-electron chi connectivity index (χ4n) is 6.47. The Kier molecular flexibility index (Phi) is 7.61. The van der Waals surface area contributed by atoms with Crippen molar-refractivity contribution in [1.82, 2.24) is 14.4 Å². The first kappa shape index (κ1) is 27.8. The van der Waals surface area contributed by atoms with Crippen molar-refractivity contribution in [3.05, 3.63) is 94.4 Å². The van der Waals surface area contributed by atoms with Crippen LogP contribution in [-0.2, 0) is 13.6 Å². The first-order chi connectivity index (χ1) is 20.3. The molecule has 42 heavy (non-hydrogen) atoms. The second kappa shape index (κ2) is 11.5. The summed E-state index contributed by atoms with van der Waals surface area (Å²) in [6.45, 7) is 11.1. The van der Waals surface area contributed by atoms with Gasteiger partial charge in [0.05, 0.1) is 22.5 Å². The van der Waals surface area contributed by atoms with Gasteiger partial charge in [0, 0.05) is 83.1 Å². The predicted molar refractivity (Wildman–Crippen MR) is 166 cm³/mol. The highest BCUT2D eigenvalue weighted by Gasteiger charge is 2.26. The van der Waals surface area contributed by atoms with E-state index in [2.05, 4.69) is 39.8 Å². The van der Waals surface area contributed by atoms with Crippen LogP contribution in [0.4, 0.5) is 15.8 Å². The van der Waals surface area contributed by atoms with Crippen molar-refractivity contribution in [1.29, 1.82) is 5.26 Å². The van der Waals surface area contributed by atoms with Crippen molar-refractivity contribution < 1.29 is 9.18 Å². The summed E-state index contributed by atoms with van der Waals surface area (Å²) in [4.78, 5) is 22.7. The number of aromatic nitrogens is 1. The smallest absolute Gasteiger partial charge is 0.254 e. The van der Waals surface area contributed by atoms with Gasteiger partial charge in [-0.1, -0.05) is 18.2 Å². The molecule has 2 aliphatic heterocycles. The largest absolute Gasteiger partial charge is 0.368 e. The molecule has 8 heteroatoms. The maximum Gasteiger partial charge on any atom is 0.254 e. The third-order valence-electron chi connectivity index (χ3n) is 8.91. The third-order valence-corrected chi connectivity index (χ3v) is 8.91. The maximum atomic E-state index is 14.4. The van der Waals surface area contributed by atoms with Gasteiger partial charge >= 0.3 is 0 Å². The Hall–Kier alpha value is -4.35. The highest BCUT2D eigenvalue weighted by Crippen LogP contribution is 2.31. The lowest BCUT2D eigenvalue weighted by molar-refractivity contribution is 0.0746. The zero-order valence-corrected chi connectivity index (χ0v) is 24.6. The molecule has 0 radical (unpaired) electrons. The quantitative estimate of drug-likeness (QED) is 0.338.